The molecule has 142 valence electrons. The van der Waals surface area contributed by atoms with Crippen LogP contribution in [0.25, 0.3) is 22.0 Å². The number of aromatic nitrogens is 1. The van der Waals surface area contributed by atoms with Crippen LogP contribution in [0.15, 0.2) is 67.3 Å². The first kappa shape index (κ1) is 19.3. The fraction of sp³-hybridized carbons (Fsp3) is 0.136. The molecule has 0 aliphatic heterocycles. The molecule has 0 aliphatic carbocycles. The van der Waals surface area contributed by atoms with Crippen LogP contribution in [0.4, 0.5) is 5.69 Å². The second kappa shape index (κ2) is 8.92. The Kier molecular flexibility index (Phi) is 6.14. The SMILES string of the molecule is C=CC(=O)Nc1cccc2ccc(-c3cccc(C(=O)NCCNC)n3)cc12. The molecule has 0 bridgehead atoms. The van der Waals surface area contributed by atoms with Crippen molar-refractivity contribution in [1.82, 2.24) is 15.6 Å². The molecule has 2 amide bonds. The number of rotatable bonds is 7. The van der Waals surface area contributed by atoms with Gasteiger partial charge in [0.15, 0.2) is 0 Å². The maximum Gasteiger partial charge on any atom is 0.269 e. The minimum absolute atomic E-state index is 0.211. The first-order chi connectivity index (χ1) is 13.6. The van der Waals surface area contributed by atoms with E-state index in [1.807, 2.05) is 55.6 Å². The van der Waals surface area contributed by atoms with Crippen molar-refractivity contribution >= 4 is 28.3 Å². The Balaban J connectivity index is 1.94. The monoisotopic (exact) mass is 374 g/mol. The number of hydrogen-bond acceptors (Lipinski definition) is 4. The van der Waals surface area contributed by atoms with Gasteiger partial charge in [0, 0.05) is 29.7 Å². The van der Waals surface area contributed by atoms with Crippen LogP contribution in [-0.2, 0) is 4.79 Å². The lowest BCUT2D eigenvalue weighted by Crippen LogP contribution is -2.30. The molecular formula is C22H22N4O2. The summed E-state index contributed by atoms with van der Waals surface area (Å²) >= 11 is 0. The highest BCUT2D eigenvalue weighted by Crippen LogP contribution is 2.28. The van der Waals surface area contributed by atoms with E-state index >= 15 is 0 Å². The second-order valence-corrected chi connectivity index (χ2v) is 6.20. The molecule has 0 atom stereocenters. The van der Waals surface area contributed by atoms with Crippen molar-refractivity contribution in [2.24, 2.45) is 0 Å². The lowest BCUT2D eigenvalue weighted by molar-refractivity contribution is -0.111. The number of carbonyl (C=O) groups is 2. The van der Waals surface area contributed by atoms with Crippen LogP contribution in [0.2, 0.25) is 0 Å². The largest absolute Gasteiger partial charge is 0.349 e. The van der Waals surface area contributed by atoms with E-state index in [9.17, 15) is 9.59 Å². The van der Waals surface area contributed by atoms with Crippen LogP contribution in [-0.4, -0.2) is 36.9 Å². The fourth-order valence-corrected chi connectivity index (χ4v) is 2.84. The summed E-state index contributed by atoms with van der Waals surface area (Å²) in [6.07, 6.45) is 1.24. The van der Waals surface area contributed by atoms with E-state index in [4.69, 9.17) is 0 Å². The Morgan fingerprint density at radius 2 is 1.89 bits per heavy atom. The third-order valence-corrected chi connectivity index (χ3v) is 4.26. The van der Waals surface area contributed by atoms with Crippen LogP contribution in [0, 0.1) is 0 Å². The van der Waals surface area contributed by atoms with E-state index < -0.39 is 0 Å². The molecule has 3 rings (SSSR count). The van der Waals surface area contributed by atoms with Crippen LogP contribution in [0.5, 0.6) is 0 Å². The van der Waals surface area contributed by atoms with Gasteiger partial charge in [0.05, 0.1) is 5.69 Å². The van der Waals surface area contributed by atoms with Crippen LogP contribution < -0.4 is 16.0 Å². The van der Waals surface area contributed by atoms with Gasteiger partial charge >= 0.3 is 0 Å². The van der Waals surface area contributed by atoms with Crippen molar-refractivity contribution < 1.29 is 9.59 Å². The van der Waals surface area contributed by atoms with Gasteiger partial charge in [0.25, 0.3) is 5.91 Å². The second-order valence-electron chi connectivity index (χ2n) is 6.20. The standard InChI is InChI=1S/C22H22N4O2/c1-3-21(27)26-19-8-4-6-15-10-11-16(14-17(15)19)18-7-5-9-20(25-18)22(28)24-13-12-23-2/h3-11,14,23H,1,12-13H2,2H3,(H,24,28)(H,26,27). The third kappa shape index (κ3) is 4.42. The lowest BCUT2D eigenvalue weighted by Gasteiger charge is -2.10. The van der Waals surface area contributed by atoms with Crippen LogP contribution >= 0.6 is 0 Å². The van der Waals surface area contributed by atoms with Gasteiger partial charge in [-0.25, -0.2) is 4.98 Å². The Morgan fingerprint density at radius 3 is 2.68 bits per heavy atom. The number of likely N-dealkylation sites (N-methyl/N-ethyl adjacent to an activating group) is 1. The molecule has 6 nitrogen and oxygen atoms in total. The van der Waals surface area contributed by atoms with E-state index in [0.717, 1.165) is 16.3 Å². The van der Waals surface area contributed by atoms with Crippen molar-refractivity contribution in [3.63, 3.8) is 0 Å². The molecule has 2 aromatic carbocycles. The maximum absolute atomic E-state index is 12.3. The van der Waals surface area contributed by atoms with E-state index in [1.165, 1.54) is 6.08 Å². The van der Waals surface area contributed by atoms with Crippen molar-refractivity contribution in [2.45, 2.75) is 0 Å². The van der Waals surface area contributed by atoms with Gasteiger partial charge in [-0.15, -0.1) is 0 Å². The van der Waals surface area contributed by atoms with Crippen molar-refractivity contribution in [1.29, 1.82) is 0 Å². The number of carbonyl (C=O) groups excluding carboxylic acids is 2. The summed E-state index contributed by atoms with van der Waals surface area (Å²) in [4.78, 5) is 28.5. The molecular weight excluding hydrogens is 352 g/mol. The summed E-state index contributed by atoms with van der Waals surface area (Å²) < 4.78 is 0. The van der Waals surface area contributed by atoms with Crippen LogP contribution in [0.3, 0.4) is 0 Å². The molecule has 0 radical (unpaired) electrons. The fourth-order valence-electron chi connectivity index (χ4n) is 2.84. The normalized spacial score (nSPS) is 10.5. The number of benzene rings is 2. The quantitative estimate of drug-likeness (QED) is 0.439. The number of nitrogens with one attached hydrogen (secondary N) is 3. The number of pyridine rings is 1. The van der Waals surface area contributed by atoms with Gasteiger partial charge in [-0.2, -0.15) is 0 Å². The number of amides is 2. The summed E-state index contributed by atoms with van der Waals surface area (Å²) in [7, 11) is 1.83. The zero-order chi connectivity index (χ0) is 19.9. The van der Waals surface area contributed by atoms with Gasteiger partial charge in [0.2, 0.25) is 5.91 Å². The average Bonchev–Trinajstić information content (AvgIpc) is 2.73. The van der Waals surface area contributed by atoms with Gasteiger partial charge in [-0.1, -0.05) is 36.9 Å². The molecule has 28 heavy (non-hydrogen) atoms. The maximum atomic E-state index is 12.3. The van der Waals surface area contributed by atoms with Gasteiger partial charge in [0.1, 0.15) is 5.69 Å². The highest BCUT2D eigenvalue weighted by molar-refractivity contribution is 6.06. The molecule has 1 heterocycles. The van der Waals surface area contributed by atoms with Gasteiger partial charge in [-0.3, -0.25) is 9.59 Å². The predicted molar refractivity (Wildman–Crippen MR) is 112 cm³/mol. The van der Waals surface area contributed by atoms with Gasteiger partial charge in [-0.05, 0) is 42.8 Å². The Hall–Kier alpha value is -3.51. The van der Waals surface area contributed by atoms with E-state index in [-0.39, 0.29) is 11.8 Å². The molecule has 3 N–H and O–H groups in total. The van der Waals surface area contributed by atoms with Crippen molar-refractivity contribution in [3.8, 4) is 11.3 Å². The number of anilines is 1. The minimum atomic E-state index is -0.267. The lowest BCUT2D eigenvalue weighted by atomic mass is 10.0. The third-order valence-electron chi connectivity index (χ3n) is 4.26. The molecule has 0 aliphatic rings. The summed E-state index contributed by atoms with van der Waals surface area (Å²) in [5, 5.41) is 10.5. The Labute approximate surface area is 163 Å². The number of nitrogens with zero attached hydrogens (tertiary/aromatic N) is 1. The topological polar surface area (TPSA) is 83.1 Å². The predicted octanol–water partition coefficient (Wildman–Crippen LogP) is 2.98. The van der Waals surface area contributed by atoms with Crippen molar-refractivity contribution in [2.75, 3.05) is 25.5 Å². The van der Waals surface area contributed by atoms with Crippen LogP contribution in [0.1, 0.15) is 10.5 Å². The number of fused-ring (bicyclic) bond motifs is 1. The Bertz CT molecular complexity index is 1030. The Morgan fingerprint density at radius 1 is 1.07 bits per heavy atom. The summed E-state index contributed by atoms with van der Waals surface area (Å²) in [5.74, 6) is -0.479. The summed E-state index contributed by atoms with van der Waals surface area (Å²) in [5.41, 5.74) is 2.61. The average molecular weight is 374 g/mol. The van der Waals surface area contributed by atoms with E-state index in [0.29, 0.717) is 30.2 Å². The van der Waals surface area contributed by atoms with E-state index in [2.05, 4.69) is 27.5 Å². The summed E-state index contributed by atoms with van der Waals surface area (Å²) in [6, 6.07) is 16.9. The highest BCUT2D eigenvalue weighted by atomic mass is 16.2. The number of hydrogen-bond donors (Lipinski definition) is 3. The van der Waals surface area contributed by atoms with Gasteiger partial charge < -0.3 is 16.0 Å². The first-order valence-corrected chi connectivity index (χ1v) is 8.99. The summed E-state index contributed by atoms with van der Waals surface area (Å²) in [6.45, 7) is 4.71. The molecule has 3 aromatic rings. The molecule has 0 saturated carbocycles. The highest BCUT2D eigenvalue weighted by Gasteiger charge is 2.10. The molecule has 0 unspecified atom stereocenters. The molecule has 1 aromatic heterocycles. The molecule has 0 spiro atoms. The first-order valence-electron chi connectivity index (χ1n) is 8.99. The minimum Gasteiger partial charge on any atom is -0.349 e. The van der Waals surface area contributed by atoms with Crippen molar-refractivity contribution in [3.05, 3.63) is 72.9 Å². The smallest absolute Gasteiger partial charge is 0.269 e. The molecule has 0 saturated heterocycles. The molecule has 0 fully saturated rings. The van der Waals surface area contributed by atoms with E-state index in [1.54, 1.807) is 6.07 Å². The zero-order valence-corrected chi connectivity index (χ0v) is 15.7. The zero-order valence-electron chi connectivity index (χ0n) is 15.7. The molecule has 6 heteroatoms.